The van der Waals surface area contributed by atoms with Crippen molar-refractivity contribution < 1.29 is 24.1 Å². The molecule has 1 aromatic carbocycles. The predicted octanol–water partition coefficient (Wildman–Crippen LogP) is 2.67. The lowest BCUT2D eigenvalue weighted by Gasteiger charge is -2.33. The van der Waals surface area contributed by atoms with Gasteiger partial charge in [0.05, 0.1) is 24.4 Å². The Morgan fingerprint density at radius 1 is 1.12 bits per heavy atom. The van der Waals surface area contributed by atoms with Crippen molar-refractivity contribution in [2.75, 3.05) is 6.61 Å². The van der Waals surface area contributed by atoms with E-state index in [0.717, 1.165) is 25.7 Å². The molecule has 0 radical (unpaired) electrons. The van der Waals surface area contributed by atoms with E-state index in [2.05, 4.69) is 0 Å². The molecule has 1 aliphatic heterocycles. The molecular weight excluding hydrogens is 308 g/mol. The highest BCUT2D eigenvalue weighted by Crippen LogP contribution is 2.47. The molecule has 5 nitrogen and oxygen atoms in total. The van der Waals surface area contributed by atoms with Crippen molar-refractivity contribution in [3.05, 3.63) is 35.9 Å². The Balaban J connectivity index is 1.39. The zero-order valence-electron chi connectivity index (χ0n) is 13.7. The maximum absolute atomic E-state index is 12.1. The Bertz CT molecular complexity index is 581. The van der Waals surface area contributed by atoms with Gasteiger partial charge in [0.15, 0.2) is 5.79 Å². The SMILES string of the molecule is O=C(OC[C@H]1C[C@H](O)[C@@H]2OC3(CCCCC3)O[C@H]12)c1ccccc1. The third kappa shape index (κ3) is 2.96. The molecule has 0 amide bonds. The van der Waals surface area contributed by atoms with E-state index >= 15 is 0 Å². The van der Waals surface area contributed by atoms with Crippen LogP contribution >= 0.6 is 0 Å². The standard InChI is InChI=1S/C19H24O5/c20-15-11-14(12-22-18(21)13-7-3-1-4-8-13)16-17(15)24-19(23-16)9-5-2-6-10-19/h1,3-4,7-8,14-17,20H,2,5-6,9-12H2/t14-,15+,16-,17+/m1/s1. The summed E-state index contributed by atoms with van der Waals surface area (Å²) in [7, 11) is 0. The van der Waals surface area contributed by atoms with Crippen LogP contribution < -0.4 is 0 Å². The predicted molar refractivity (Wildman–Crippen MR) is 86.4 cm³/mol. The van der Waals surface area contributed by atoms with E-state index < -0.39 is 11.9 Å². The number of rotatable bonds is 3. The van der Waals surface area contributed by atoms with Crippen molar-refractivity contribution >= 4 is 5.97 Å². The summed E-state index contributed by atoms with van der Waals surface area (Å²) in [5.41, 5.74) is 0.542. The first-order chi connectivity index (χ1) is 11.7. The van der Waals surface area contributed by atoms with Gasteiger partial charge in [0.2, 0.25) is 0 Å². The molecule has 0 aromatic heterocycles. The van der Waals surface area contributed by atoms with Gasteiger partial charge in [0.25, 0.3) is 0 Å². The fourth-order valence-corrected chi connectivity index (χ4v) is 4.23. The molecule has 1 N–H and O–H groups in total. The number of benzene rings is 1. The van der Waals surface area contributed by atoms with Crippen LogP contribution in [0.25, 0.3) is 0 Å². The lowest BCUT2D eigenvalue weighted by Crippen LogP contribution is -2.36. The van der Waals surface area contributed by atoms with Crippen molar-refractivity contribution in [1.82, 2.24) is 0 Å². The number of fused-ring (bicyclic) bond motifs is 1. The molecule has 1 heterocycles. The lowest BCUT2D eigenvalue weighted by molar-refractivity contribution is -0.210. The van der Waals surface area contributed by atoms with Crippen LogP contribution in [0.15, 0.2) is 30.3 Å². The van der Waals surface area contributed by atoms with Crippen LogP contribution in [-0.2, 0) is 14.2 Å². The molecule has 130 valence electrons. The molecule has 5 heteroatoms. The van der Waals surface area contributed by atoms with Crippen LogP contribution in [0.4, 0.5) is 0 Å². The van der Waals surface area contributed by atoms with Crippen molar-refractivity contribution in [3.63, 3.8) is 0 Å². The first kappa shape index (κ1) is 16.1. The van der Waals surface area contributed by atoms with Gasteiger partial charge in [-0.25, -0.2) is 4.79 Å². The molecular formula is C19H24O5. The van der Waals surface area contributed by atoms with Gasteiger partial charge in [0.1, 0.15) is 6.10 Å². The monoisotopic (exact) mass is 332 g/mol. The third-order valence-corrected chi connectivity index (χ3v) is 5.47. The number of ether oxygens (including phenoxy) is 3. The molecule has 24 heavy (non-hydrogen) atoms. The lowest BCUT2D eigenvalue weighted by atomic mass is 9.94. The molecule has 4 atom stereocenters. The highest BCUT2D eigenvalue weighted by molar-refractivity contribution is 5.89. The van der Waals surface area contributed by atoms with Crippen molar-refractivity contribution in [2.45, 2.75) is 62.6 Å². The van der Waals surface area contributed by atoms with Gasteiger partial charge in [-0.2, -0.15) is 0 Å². The van der Waals surface area contributed by atoms with Crippen LogP contribution in [0.1, 0.15) is 48.9 Å². The number of aliphatic hydroxyl groups excluding tert-OH is 1. The van der Waals surface area contributed by atoms with E-state index in [9.17, 15) is 9.90 Å². The topological polar surface area (TPSA) is 65.0 Å². The van der Waals surface area contributed by atoms with Gasteiger partial charge in [-0.15, -0.1) is 0 Å². The first-order valence-electron chi connectivity index (χ1n) is 8.93. The number of carbonyl (C=O) groups excluding carboxylic acids is 1. The highest BCUT2D eigenvalue weighted by atomic mass is 16.8. The second-order valence-electron chi connectivity index (χ2n) is 7.16. The fraction of sp³-hybridized carbons (Fsp3) is 0.632. The van der Waals surface area contributed by atoms with E-state index in [4.69, 9.17) is 14.2 Å². The number of carbonyl (C=O) groups is 1. The summed E-state index contributed by atoms with van der Waals surface area (Å²) in [6, 6.07) is 8.96. The van der Waals surface area contributed by atoms with Crippen molar-refractivity contribution in [1.29, 1.82) is 0 Å². The second kappa shape index (κ2) is 6.47. The van der Waals surface area contributed by atoms with E-state index in [1.807, 2.05) is 18.2 Å². The molecule has 1 spiro atoms. The zero-order chi connectivity index (χ0) is 16.6. The van der Waals surface area contributed by atoms with Crippen molar-refractivity contribution in [3.8, 4) is 0 Å². The second-order valence-corrected chi connectivity index (χ2v) is 7.16. The molecule has 0 unspecified atom stereocenters. The average molecular weight is 332 g/mol. The van der Waals surface area contributed by atoms with Crippen LogP contribution in [-0.4, -0.2) is 41.8 Å². The smallest absolute Gasteiger partial charge is 0.338 e. The van der Waals surface area contributed by atoms with Gasteiger partial charge < -0.3 is 19.3 Å². The minimum Gasteiger partial charge on any atom is -0.462 e. The molecule has 2 aliphatic carbocycles. The quantitative estimate of drug-likeness (QED) is 0.862. The maximum atomic E-state index is 12.1. The van der Waals surface area contributed by atoms with E-state index in [1.54, 1.807) is 12.1 Å². The van der Waals surface area contributed by atoms with E-state index in [1.165, 1.54) is 6.42 Å². The summed E-state index contributed by atoms with van der Waals surface area (Å²) < 4.78 is 17.9. The molecule has 4 rings (SSSR count). The third-order valence-electron chi connectivity index (χ3n) is 5.47. The molecule has 0 bridgehead atoms. The zero-order valence-corrected chi connectivity index (χ0v) is 13.7. The van der Waals surface area contributed by atoms with Crippen molar-refractivity contribution in [2.24, 2.45) is 5.92 Å². The fourth-order valence-electron chi connectivity index (χ4n) is 4.23. The van der Waals surface area contributed by atoms with E-state index in [-0.39, 0.29) is 30.7 Å². The van der Waals surface area contributed by atoms with E-state index in [0.29, 0.717) is 12.0 Å². The number of hydrogen-bond acceptors (Lipinski definition) is 5. The minimum atomic E-state index is -0.545. The van der Waals surface area contributed by atoms with Gasteiger partial charge >= 0.3 is 5.97 Å². The summed E-state index contributed by atoms with van der Waals surface area (Å²) in [6.07, 6.45) is 4.73. The Labute approximate surface area is 141 Å². The molecule has 1 saturated heterocycles. The number of esters is 1. The average Bonchev–Trinajstić information content (AvgIpc) is 3.11. The molecule has 3 fully saturated rings. The number of aliphatic hydroxyl groups is 1. The summed E-state index contributed by atoms with van der Waals surface area (Å²) in [5.74, 6) is -0.866. The summed E-state index contributed by atoms with van der Waals surface area (Å²) in [4.78, 5) is 12.1. The Hall–Kier alpha value is -1.43. The molecule has 3 aliphatic rings. The largest absolute Gasteiger partial charge is 0.462 e. The Morgan fingerprint density at radius 2 is 1.83 bits per heavy atom. The summed E-state index contributed by atoms with van der Waals surface area (Å²) in [5, 5.41) is 10.3. The highest BCUT2D eigenvalue weighted by Gasteiger charge is 2.57. The summed E-state index contributed by atoms with van der Waals surface area (Å²) in [6.45, 7) is 0.255. The van der Waals surface area contributed by atoms with Crippen LogP contribution in [0.2, 0.25) is 0 Å². The number of hydrogen-bond donors (Lipinski definition) is 1. The molecule has 2 saturated carbocycles. The van der Waals surface area contributed by atoms with Gasteiger partial charge in [-0.05, 0) is 31.4 Å². The minimum absolute atomic E-state index is 0.0148. The Kier molecular flexibility index (Phi) is 4.33. The van der Waals surface area contributed by atoms with Crippen LogP contribution in [0, 0.1) is 5.92 Å². The summed E-state index contributed by atoms with van der Waals surface area (Å²) >= 11 is 0. The normalized spacial score (nSPS) is 34.2. The molecule has 1 aromatic rings. The first-order valence-corrected chi connectivity index (χ1v) is 8.93. The maximum Gasteiger partial charge on any atom is 0.338 e. The van der Waals surface area contributed by atoms with Gasteiger partial charge in [0, 0.05) is 18.8 Å². The van der Waals surface area contributed by atoms with Crippen LogP contribution in [0.5, 0.6) is 0 Å². The van der Waals surface area contributed by atoms with Gasteiger partial charge in [-0.1, -0.05) is 24.6 Å². The van der Waals surface area contributed by atoms with Crippen LogP contribution in [0.3, 0.4) is 0 Å². The van der Waals surface area contributed by atoms with Gasteiger partial charge in [-0.3, -0.25) is 0 Å². The Morgan fingerprint density at radius 3 is 2.58 bits per heavy atom.